The Kier molecular flexibility index (Phi) is 5.31. The van der Waals surface area contributed by atoms with Gasteiger partial charge in [0.2, 0.25) is 15.9 Å². The van der Waals surface area contributed by atoms with Gasteiger partial charge in [0.05, 0.1) is 0 Å². The van der Waals surface area contributed by atoms with E-state index in [4.69, 9.17) is 0 Å². The SMILES string of the molecule is Cc1ccc(/C=C/C(=O)N2CCN(S(=O)(=O)c3cccnc3)CC2)s1. The van der Waals surface area contributed by atoms with Crippen LogP contribution in [0.1, 0.15) is 9.75 Å². The van der Waals surface area contributed by atoms with Gasteiger partial charge in [-0.15, -0.1) is 11.3 Å². The van der Waals surface area contributed by atoms with Crippen LogP contribution in [-0.2, 0) is 14.8 Å². The maximum atomic E-state index is 12.5. The molecule has 1 aliphatic heterocycles. The average Bonchev–Trinajstić information content (AvgIpc) is 3.06. The Bertz CT molecular complexity index is 868. The van der Waals surface area contributed by atoms with Crippen molar-refractivity contribution in [3.8, 4) is 0 Å². The molecule has 3 rings (SSSR count). The minimum Gasteiger partial charge on any atom is -0.337 e. The second-order valence-corrected chi connectivity index (χ2v) is 8.96. The molecule has 0 saturated carbocycles. The Balaban J connectivity index is 1.60. The first-order chi connectivity index (χ1) is 12.0. The van der Waals surface area contributed by atoms with Gasteiger partial charge in [-0.3, -0.25) is 9.78 Å². The summed E-state index contributed by atoms with van der Waals surface area (Å²) in [6.07, 6.45) is 6.24. The fourth-order valence-electron chi connectivity index (χ4n) is 2.60. The summed E-state index contributed by atoms with van der Waals surface area (Å²) in [5, 5.41) is 0. The molecule has 1 saturated heterocycles. The van der Waals surface area contributed by atoms with E-state index in [9.17, 15) is 13.2 Å². The average molecular weight is 377 g/mol. The summed E-state index contributed by atoms with van der Waals surface area (Å²) in [6.45, 7) is 3.36. The van der Waals surface area contributed by atoms with Crippen LogP contribution in [0.2, 0.25) is 0 Å². The van der Waals surface area contributed by atoms with Crippen LogP contribution in [0.25, 0.3) is 6.08 Å². The minimum atomic E-state index is -3.55. The lowest BCUT2D eigenvalue weighted by Crippen LogP contribution is -2.50. The van der Waals surface area contributed by atoms with Crippen molar-refractivity contribution in [1.82, 2.24) is 14.2 Å². The van der Waals surface area contributed by atoms with Gasteiger partial charge in [-0.2, -0.15) is 4.31 Å². The molecule has 0 atom stereocenters. The van der Waals surface area contributed by atoms with E-state index < -0.39 is 10.0 Å². The number of pyridine rings is 1. The van der Waals surface area contributed by atoms with Crippen LogP contribution in [0.4, 0.5) is 0 Å². The molecule has 2 aromatic rings. The highest BCUT2D eigenvalue weighted by molar-refractivity contribution is 7.89. The molecule has 2 aromatic heterocycles. The van der Waals surface area contributed by atoms with Gasteiger partial charge in [0.25, 0.3) is 0 Å². The summed E-state index contributed by atoms with van der Waals surface area (Å²) in [6, 6.07) is 7.12. The monoisotopic (exact) mass is 377 g/mol. The topological polar surface area (TPSA) is 70.6 Å². The predicted octanol–water partition coefficient (Wildman–Crippen LogP) is 2.00. The molecule has 0 bridgehead atoms. The van der Waals surface area contributed by atoms with Crippen LogP contribution in [0.3, 0.4) is 0 Å². The summed E-state index contributed by atoms with van der Waals surface area (Å²) < 4.78 is 26.5. The molecule has 6 nitrogen and oxygen atoms in total. The highest BCUT2D eigenvalue weighted by Gasteiger charge is 2.29. The largest absolute Gasteiger partial charge is 0.337 e. The Morgan fingerprint density at radius 1 is 1.20 bits per heavy atom. The van der Waals surface area contributed by atoms with Gasteiger partial charge in [0.15, 0.2) is 0 Å². The lowest BCUT2D eigenvalue weighted by Gasteiger charge is -2.33. The Labute approximate surface area is 151 Å². The molecule has 0 spiro atoms. The van der Waals surface area contributed by atoms with Crippen molar-refractivity contribution >= 4 is 33.3 Å². The normalized spacial score (nSPS) is 16.4. The van der Waals surface area contributed by atoms with Gasteiger partial charge in [-0.25, -0.2) is 8.42 Å². The second kappa shape index (κ2) is 7.47. The summed E-state index contributed by atoms with van der Waals surface area (Å²) in [7, 11) is -3.55. The van der Waals surface area contributed by atoms with Crippen molar-refractivity contribution in [3.63, 3.8) is 0 Å². The van der Waals surface area contributed by atoms with Crippen LogP contribution in [0.5, 0.6) is 0 Å². The number of hydrogen-bond acceptors (Lipinski definition) is 5. The highest BCUT2D eigenvalue weighted by atomic mass is 32.2. The van der Waals surface area contributed by atoms with Crippen LogP contribution in [0, 0.1) is 6.92 Å². The third-order valence-corrected chi connectivity index (χ3v) is 6.82. The number of piperazine rings is 1. The lowest BCUT2D eigenvalue weighted by atomic mass is 10.3. The third-order valence-electron chi connectivity index (χ3n) is 3.97. The number of aromatic nitrogens is 1. The first-order valence-corrected chi connectivity index (χ1v) is 10.2. The zero-order valence-electron chi connectivity index (χ0n) is 13.8. The van der Waals surface area contributed by atoms with E-state index in [1.165, 1.54) is 27.6 Å². The molecular weight excluding hydrogens is 358 g/mol. The molecule has 25 heavy (non-hydrogen) atoms. The first-order valence-electron chi connectivity index (χ1n) is 7.90. The Morgan fingerprint density at radius 2 is 1.96 bits per heavy atom. The molecule has 0 aromatic carbocycles. The van der Waals surface area contributed by atoms with Crippen molar-refractivity contribution in [2.24, 2.45) is 0 Å². The predicted molar refractivity (Wildman–Crippen MR) is 97.7 cm³/mol. The number of rotatable bonds is 4. The number of aryl methyl sites for hydroxylation is 1. The van der Waals surface area contributed by atoms with E-state index in [2.05, 4.69) is 4.98 Å². The lowest BCUT2D eigenvalue weighted by molar-refractivity contribution is -0.127. The van der Waals surface area contributed by atoms with Gasteiger partial charge in [-0.05, 0) is 37.3 Å². The molecule has 0 radical (unpaired) electrons. The van der Waals surface area contributed by atoms with E-state index in [0.717, 1.165) is 4.88 Å². The quantitative estimate of drug-likeness (QED) is 0.764. The second-order valence-electron chi connectivity index (χ2n) is 5.70. The van der Waals surface area contributed by atoms with E-state index in [1.807, 2.05) is 19.1 Å². The Hall–Kier alpha value is -2.03. The van der Waals surface area contributed by atoms with Crippen molar-refractivity contribution in [1.29, 1.82) is 0 Å². The molecule has 3 heterocycles. The number of carbonyl (C=O) groups is 1. The molecule has 1 aliphatic rings. The number of hydrogen-bond donors (Lipinski definition) is 0. The van der Waals surface area contributed by atoms with Crippen molar-refractivity contribution in [2.75, 3.05) is 26.2 Å². The molecule has 132 valence electrons. The number of amides is 1. The fraction of sp³-hybridized carbons (Fsp3) is 0.294. The van der Waals surface area contributed by atoms with Gasteiger partial charge < -0.3 is 4.90 Å². The molecule has 0 aliphatic carbocycles. The molecule has 0 unspecified atom stereocenters. The van der Waals surface area contributed by atoms with Crippen molar-refractivity contribution < 1.29 is 13.2 Å². The summed E-state index contributed by atoms with van der Waals surface area (Å²) >= 11 is 1.63. The van der Waals surface area contributed by atoms with E-state index in [0.29, 0.717) is 13.1 Å². The summed E-state index contributed by atoms with van der Waals surface area (Å²) in [5.74, 6) is -0.0931. The molecule has 1 amide bonds. The standard InChI is InChI=1S/C17H19N3O3S2/c1-14-4-5-15(24-14)6-7-17(21)19-9-11-20(12-10-19)25(22,23)16-3-2-8-18-13-16/h2-8,13H,9-12H2,1H3/b7-6+. The highest BCUT2D eigenvalue weighted by Crippen LogP contribution is 2.18. The Morgan fingerprint density at radius 3 is 2.56 bits per heavy atom. The zero-order valence-corrected chi connectivity index (χ0v) is 15.5. The van der Waals surface area contributed by atoms with E-state index in [1.54, 1.807) is 34.5 Å². The maximum absolute atomic E-state index is 12.5. The van der Waals surface area contributed by atoms with Gasteiger partial charge in [0, 0.05) is 54.4 Å². The number of carbonyl (C=O) groups excluding carboxylic acids is 1. The minimum absolute atomic E-state index is 0.0931. The van der Waals surface area contributed by atoms with Crippen LogP contribution in [0.15, 0.2) is 47.6 Å². The zero-order chi connectivity index (χ0) is 17.9. The van der Waals surface area contributed by atoms with E-state index >= 15 is 0 Å². The first kappa shape index (κ1) is 17.8. The number of nitrogens with zero attached hydrogens (tertiary/aromatic N) is 3. The molecule has 8 heteroatoms. The number of thiophene rings is 1. The van der Waals surface area contributed by atoms with Crippen LogP contribution < -0.4 is 0 Å². The number of sulfonamides is 1. The fourth-order valence-corrected chi connectivity index (χ4v) is 4.77. The smallest absolute Gasteiger partial charge is 0.246 e. The molecule has 1 fully saturated rings. The summed E-state index contributed by atoms with van der Waals surface area (Å²) in [5.41, 5.74) is 0. The summed E-state index contributed by atoms with van der Waals surface area (Å²) in [4.78, 5) is 20.2. The van der Waals surface area contributed by atoms with Crippen molar-refractivity contribution in [3.05, 3.63) is 52.5 Å². The third kappa shape index (κ3) is 4.15. The van der Waals surface area contributed by atoms with Crippen molar-refractivity contribution in [2.45, 2.75) is 11.8 Å². The molecule has 0 N–H and O–H groups in total. The van der Waals surface area contributed by atoms with Gasteiger partial charge in [0.1, 0.15) is 4.90 Å². The van der Waals surface area contributed by atoms with E-state index in [-0.39, 0.29) is 23.9 Å². The van der Waals surface area contributed by atoms with Crippen LogP contribution in [-0.4, -0.2) is 54.7 Å². The van der Waals surface area contributed by atoms with Crippen LogP contribution >= 0.6 is 11.3 Å². The van der Waals surface area contributed by atoms with Gasteiger partial charge >= 0.3 is 0 Å². The molecular formula is C17H19N3O3S2. The maximum Gasteiger partial charge on any atom is 0.246 e. The van der Waals surface area contributed by atoms with Gasteiger partial charge in [-0.1, -0.05) is 0 Å².